The summed E-state index contributed by atoms with van der Waals surface area (Å²) in [5.41, 5.74) is 7.19. The van der Waals surface area contributed by atoms with Crippen molar-refractivity contribution in [3.05, 3.63) is 40.5 Å². The number of halogens is 1. The third-order valence-corrected chi connectivity index (χ3v) is 2.08. The molecule has 2 N–H and O–H groups in total. The van der Waals surface area contributed by atoms with E-state index in [9.17, 15) is 0 Å². The lowest BCUT2D eigenvalue weighted by atomic mass is 10.1. The fraction of sp³-hybridized carbons (Fsp3) is 0.111. The minimum Gasteiger partial charge on any atom is -0.379 e. The Hall–Kier alpha value is -1.55. The molecule has 2 aromatic rings. The molecule has 1 heterocycles. The zero-order valence-corrected chi connectivity index (χ0v) is 8.03. The van der Waals surface area contributed by atoms with E-state index in [1.54, 1.807) is 0 Å². The molecule has 0 saturated carbocycles. The molecule has 0 unspecified atom stereocenters. The Morgan fingerprint density at radius 1 is 1.36 bits per heavy atom. The average molecular weight is 210 g/mol. The van der Waals surface area contributed by atoms with Crippen LogP contribution in [0, 0.1) is 0 Å². The molecule has 14 heavy (non-hydrogen) atoms. The van der Waals surface area contributed by atoms with Crippen LogP contribution in [0.1, 0.15) is 11.3 Å². The van der Waals surface area contributed by atoms with Crippen molar-refractivity contribution >= 4 is 17.4 Å². The minimum absolute atomic E-state index is 0.324. The van der Waals surface area contributed by atoms with Gasteiger partial charge in [-0.3, -0.25) is 0 Å². The quantitative estimate of drug-likeness (QED) is 0.821. The number of rotatable bonds is 2. The second-order valence-corrected chi connectivity index (χ2v) is 3.34. The molecule has 0 atom stereocenters. The molecule has 0 bridgehead atoms. The second kappa shape index (κ2) is 3.67. The summed E-state index contributed by atoms with van der Waals surface area (Å²) in [5, 5.41) is 7.87. The fourth-order valence-electron chi connectivity index (χ4n) is 1.18. The number of nitrogens with zero attached hydrogens (tertiary/aromatic N) is 2. The maximum atomic E-state index is 5.83. The maximum absolute atomic E-state index is 5.83. The summed E-state index contributed by atoms with van der Waals surface area (Å²) in [5.74, 6) is 0.324. The number of hydrogen-bond acceptors (Lipinski definition) is 4. The van der Waals surface area contributed by atoms with Crippen LogP contribution in [0.2, 0.25) is 5.02 Å². The van der Waals surface area contributed by atoms with Gasteiger partial charge in [0.2, 0.25) is 0 Å². The van der Waals surface area contributed by atoms with Crippen molar-refractivity contribution in [3.63, 3.8) is 0 Å². The highest BCUT2D eigenvalue weighted by Crippen LogP contribution is 2.15. The van der Waals surface area contributed by atoms with E-state index in [1.165, 1.54) is 0 Å². The number of nitrogen functional groups attached to an aromatic ring is 1. The molecule has 0 amide bonds. The van der Waals surface area contributed by atoms with Crippen LogP contribution in [0.25, 0.3) is 0 Å². The number of anilines is 1. The van der Waals surface area contributed by atoms with Crippen LogP contribution >= 0.6 is 11.6 Å². The first-order chi connectivity index (χ1) is 6.75. The van der Waals surface area contributed by atoms with Crippen molar-refractivity contribution < 1.29 is 4.63 Å². The van der Waals surface area contributed by atoms with E-state index >= 15 is 0 Å². The van der Waals surface area contributed by atoms with Crippen LogP contribution in [0.5, 0.6) is 0 Å². The first-order valence-electron chi connectivity index (χ1n) is 4.07. The largest absolute Gasteiger partial charge is 0.379 e. The number of aromatic nitrogens is 2. The molecule has 5 heteroatoms. The molecule has 0 aliphatic heterocycles. The zero-order valence-electron chi connectivity index (χ0n) is 7.27. The Morgan fingerprint density at radius 3 is 2.86 bits per heavy atom. The van der Waals surface area contributed by atoms with Crippen molar-refractivity contribution in [1.29, 1.82) is 0 Å². The van der Waals surface area contributed by atoms with Crippen molar-refractivity contribution in [2.45, 2.75) is 6.42 Å². The summed E-state index contributed by atoms with van der Waals surface area (Å²) in [6.07, 6.45) is 0.579. The van der Waals surface area contributed by atoms with Gasteiger partial charge in [0.15, 0.2) is 5.82 Å². The van der Waals surface area contributed by atoms with Gasteiger partial charge in [0.1, 0.15) is 5.69 Å². The Bertz CT molecular complexity index is 441. The third-order valence-electron chi connectivity index (χ3n) is 1.85. The first-order valence-corrected chi connectivity index (χ1v) is 4.45. The maximum Gasteiger partial charge on any atom is 0.191 e. The van der Waals surface area contributed by atoms with E-state index in [0.29, 0.717) is 23.0 Å². The van der Waals surface area contributed by atoms with Gasteiger partial charge >= 0.3 is 0 Å². The van der Waals surface area contributed by atoms with Crippen LogP contribution in [0.15, 0.2) is 28.9 Å². The van der Waals surface area contributed by atoms with Crippen LogP contribution in [-0.4, -0.2) is 10.3 Å². The lowest BCUT2D eigenvalue weighted by Gasteiger charge is -1.97. The summed E-state index contributed by atoms with van der Waals surface area (Å²) in [4.78, 5) is 0. The molecule has 1 aromatic heterocycles. The molecule has 0 aliphatic carbocycles. The normalized spacial score (nSPS) is 10.4. The van der Waals surface area contributed by atoms with Gasteiger partial charge < -0.3 is 5.73 Å². The molecule has 0 aliphatic rings. The summed E-state index contributed by atoms with van der Waals surface area (Å²) in [6, 6.07) is 7.49. The number of nitrogens with two attached hydrogens (primary N) is 1. The van der Waals surface area contributed by atoms with E-state index in [0.717, 1.165) is 5.56 Å². The van der Waals surface area contributed by atoms with E-state index in [1.807, 2.05) is 24.3 Å². The second-order valence-electron chi connectivity index (χ2n) is 2.90. The highest BCUT2D eigenvalue weighted by molar-refractivity contribution is 6.30. The van der Waals surface area contributed by atoms with E-state index in [4.69, 9.17) is 17.3 Å². The van der Waals surface area contributed by atoms with Gasteiger partial charge in [0.05, 0.1) is 0 Å². The topological polar surface area (TPSA) is 64.9 Å². The van der Waals surface area contributed by atoms with Crippen LogP contribution in [0.4, 0.5) is 5.82 Å². The molecular weight excluding hydrogens is 202 g/mol. The lowest BCUT2D eigenvalue weighted by Crippen LogP contribution is -1.94. The molecule has 4 nitrogen and oxygen atoms in total. The highest BCUT2D eigenvalue weighted by Gasteiger charge is 2.06. The van der Waals surface area contributed by atoms with E-state index < -0.39 is 0 Å². The van der Waals surface area contributed by atoms with Crippen LogP contribution in [0.3, 0.4) is 0 Å². The molecule has 0 spiro atoms. The van der Waals surface area contributed by atoms with E-state index in [-0.39, 0.29) is 0 Å². The highest BCUT2D eigenvalue weighted by atomic mass is 35.5. The molecule has 0 saturated heterocycles. The Balaban J connectivity index is 2.23. The molecular formula is C9H8ClN3O. The van der Waals surface area contributed by atoms with Crippen molar-refractivity contribution in [2.24, 2.45) is 0 Å². The predicted octanol–water partition coefficient (Wildman–Crippen LogP) is 1.90. The smallest absolute Gasteiger partial charge is 0.191 e. The standard InChI is InChI=1S/C9H8ClN3O/c10-7-3-1-2-6(4-7)5-8-9(11)13-14-12-8/h1-4H,5H2,(H2,11,13). The monoisotopic (exact) mass is 209 g/mol. The SMILES string of the molecule is Nc1nonc1Cc1cccc(Cl)c1. The van der Waals surface area contributed by atoms with Crippen molar-refractivity contribution in [3.8, 4) is 0 Å². The Morgan fingerprint density at radius 2 is 2.21 bits per heavy atom. The molecule has 1 aromatic carbocycles. The molecule has 0 radical (unpaired) electrons. The van der Waals surface area contributed by atoms with Gasteiger partial charge in [-0.25, -0.2) is 4.63 Å². The molecule has 0 fully saturated rings. The van der Waals surface area contributed by atoms with Crippen molar-refractivity contribution in [2.75, 3.05) is 5.73 Å². The Labute approximate surface area is 85.6 Å². The lowest BCUT2D eigenvalue weighted by molar-refractivity contribution is 0.305. The van der Waals surface area contributed by atoms with Crippen LogP contribution in [-0.2, 0) is 6.42 Å². The van der Waals surface area contributed by atoms with Gasteiger partial charge in [-0.05, 0) is 22.9 Å². The predicted molar refractivity (Wildman–Crippen MR) is 53.0 cm³/mol. The third kappa shape index (κ3) is 1.85. The molecule has 2 rings (SSSR count). The van der Waals surface area contributed by atoms with Gasteiger partial charge in [-0.2, -0.15) is 0 Å². The number of hydrogen-bond donors (Lipinski definition) is 1. The van der Waals surface area contributed by atoms with E-state index in [2.05, 4.69) is 14.9 Å². The Kier molecular flexibility index (Phi) is 2.37. The van der Waals surface area contributed by atoms with Gasteiger partial charge in [-0.15, -0.1) is 0 Å². The average Bonchev–Trinajstić information content (AvgIpc) is 2.52. The van der Waals surface area contributed by atoms with Gasteiger partial charge in [0.25, 0.3) is 0 Å². The summed E-state index contributed by atoms with van der Waals surface area (Å²) in [7, 11) is 0. The number of benzene rings is 1. The molecule has 72 valence electrons. The summed E-state index contributed by atoms with van der Waals surface area (Å²) >= 11 is 5.83. The minimum atomic E-state index is 0.324. The summed E-state index contributed by atoms with van der Waals surface area (Å²) < 4.78 is 4.49. The zero-order chi connectivity index (χ0) is 9.97. The van der Waals surface area contributed by atoms with Crippen LogP contribution < -0.4 is 5.73 Å². The summed E-state index contributed by atoms with van der Waals surface area (Å²) in [6.45, 7) is 0. The van der Waals surface area contributed by atoms with Crippen molar-refractivity contribution in [1.82, 2.24) is 10.3 Å². The first kappa shape index (κ1) is 9.02. The van der Waals surface area contributed by atoms with Gasteiger partial charge in [0, 0.05) is 11.4 Å². The fourth-order valence-corrected chi connectivity index (χ4v) is 1.39. The van der Waals surface area contributed by atoms with Gasteiger partial charge in [-0.1, -0.05) is 28.9 Å².